The van der Waals surface area contributed by atoms with Crippen LogP contribution in [-0.2, 0) is 13.5 Å². The minimum atomic E-state index is -0.353. The summed E-state index contributed by atoms with van der Waals surface area (Å²) < 4.78 is 12.3. The standard InChI is InChI=1S/C23H26N4O3S/c1-14-21(15(2)27(3)26-14)10-16-6-8-18(9-7-16)24-23(31)25-22(28)17-11-19(29-4)13-20(12-17)30-5/h6-9,11-13H,10H2,1-5H3,(H2,24,25,28,31). The predicted molar refractivity (Wildman–Crippen MR) is 125 cm³/mol. The monoisotopic (exact) mass is 438 g/mol. The molecule has 0 spiro atoms. The van der Waals surface area contributed by atoms with E-state index in [2.05, 4.69) is 22.7 Å². The van der Waals surface area contributed by atoms with Crippen molar-refractivity contribution in [1.29, 1.82) is 0 Å². The summed E-state index contributed by atoms with van der Waals surface area (Å²) >= 11 is 5.29. The Hall–Kier alpha value is -3.39. The fourth-order valence-electron chi connectivity index (χ4n) is 3.26. The van der Waals surface area contributed by atoms with E-state index >= 15 is 0 Å². The Morgan fingerprint density at radius 1 is 1.06 bits per heavy atom. The maximum absolute atomic E-state index is 12.5. The first-order valence-electron chi connectivity index (χ1n) is 9.74. The molecule has 3 rings (SSSR count). The maximum Gasteiger partial charge on any atom is 0.257 e. The van der Waals surface area contributed by atoms with Crippen molar-refractivity contribution >= 4 is 28.9 Å². The van der Waals surface area contributed by atoms with Gasteiger partial charge in [-0.3, -0.25) is 14.8 Å². The molecule has 2 N–H and O–H groups in total. The molecular formula is C23H26N4O3S. The number of hydrogen-bond acceptors (Lipinski definition) is 5. The van der Waals surface area contributed by atoms with Gasteiger partial charge in [0.05, 0.1) is 19.9 Å². The molecule has 0 aliphatic heterocycles. The Morgan fingerprint density at radius 3 is 2.19 bits per heavy atom. The lowest BCUT2D eigenvalue weighted by Gasteiger charge is -2.12. The quantitative estimate of drug-likeness (QED) is 0.571. The van der Waals surface area contributed by atoms with Gasteiger partial charge < -0.3 is 14.8 Å². The highest BCUT2D eigenvalue weighted by Gasteiger charge is 2.12. The number of ether oxygens (including phenoxy) is 2. The van der Waals surface area contributed by atoms with Crippen molar-refractivity contribution in [3.63, 3.8) is 0 Å². The second kappa shape index (κ2) is 9.61. The summed E-state index contributed by atoms with van der Waals surface area (Å²) in [6.07, 6.45) is 0.810. The molecule has 8 heteroatoms. The summed E-state index contributed by atoms with van der Waals surface area (Å²) in [5, 5.41) is 10.4. The first-order chi connectivity index (χ1) is 14.8. The van der Waals surface area contributed by atoms with Crippen LogP contribution in [-0.4, -0.2) is 35.0 Å². The number of methoxy groups -OCH3 is 2. The van der Waals surface area contributed by atoms with Crippen LogP contribution in [0, 0.1) is 13.8 Å². The van der Waals surface area contributed by atoms with Crippen molar-refractivity contribution in [1.82, 2.24) is 15.1 Å². The predicted octanol–water partition coefficient (Wildman–Crippen LogP) is 3.77. The molecule has 1 heterocycles. The van der Waals surface area contributed by atoms with Crippen molar-refractivity contribution < 1.29 is 14.3 Å². The van der Waals surface area contributed by atoms with Crippen molar-refractivity contribution in [3.05, 3.63) is 70.5 Å². The zero-order valence-electron chi connectivity index (χ0n) is 18.3. The van der Waals surface area contributed by atoms with Gasteiger partial charge in [0.25, 0.3) is 5.91 Å². The normalized spacial score (nSPS) is 10.5. The van der Waals surface area contributed by atoms with Crippen molar-refractivity contribution in [2.45, 2.75) is 20.3 Å². The minimum absolute atomic E-state index is 0.207. The van der Waals surface area contributed by atoms with Gasteiger partial charge in [-0.05, 0) is 55.9 Å². The van der Waals surface area contributed by atoms with E-state index < -0.39 is 0 Å². The van der Waals surface area contributed by atoms with Crippen LogP contribution >= 0.6 is 12.2 Å². The fraction of sp³-hybridized carbons (Fsp3) is 0.261. The molecule has 0 atom stereocenters. The first kappa shape index (κ1) is 22.3. The molecule has 0 fully saturated rings. The summed E-state index contributed by atoms with van der Waals surface area (Å²) in [7, 11) is 5.02. The number of aryl methyl sites for hydroxylation is 2. The number of anilines is 1. The number of benzene rings is 2. The van der Waals surface area contributed by atoms with Crippen LogP contribution in [0.1, 0.15) is 32.9 Å². The molecule has 0 radical (unpaired) electrons. The average molecular weight is 439 g/mol. The van der Waals surface area contributed by atoms with Crippen LogP contribution < -0.4 is 20.1 Å². The number of amides is 1. The maximum atomic E-state index is 12.5. The highest BCUT2D eigenvalue weighted by Crippen LogP contribution is 2.22. The molecule has 1 amide bonds. The Kier molecular flexibility index (Phi) is 6.91. The number of rotatable bonds is 6. The summed E-state index contributed by atoms with van der Waals surface area (Å²) in [6, 6.07) is 12.9. The smallest absolute Gasteiger partial charge is 0.257 e. The van der Waals surface area contributed by atoms with Gasteiger partial charge in [-0.2, -0.15) is 5.10 Å². The number of carbonyl (C=O) groups is 1. The second-order valence-electron chi connectivity index (χ2n) is 7.16. The summed E-state index contributed by atoms with van der Waals surface area (Å²) in [5.41, 5.74) is 5.79. The van der Waals surface area contributed by atoms with Crippen molar-refractivity contribution in [3.8, 4) is 11.5 Å². The third-order valence-corrected chi connectivity index (χ3v) is 5.30. The topological polar surface area (TPSA) is 77.4 Å². The van der Waals surface area contributed by atoms with Gasteiger partial charge in [0.15, 0.2) is 5.11 Å². The van der Waals surface area contributed by atoms with Crippen molar-refractivity contribution in [2.75, 3.05) is 19.5 Å². The van der Waals surface area contributed by atoms with Gasteiger partial charge in [-0.15, -0.1) is 0 Å². The van der Waals surface area contributed by atoms with Gasteiger partial charge in [0, 0.05) is 42.0 Å². The molecule has 0 unspecified atom stereocenters. The van der Waals surface area contributed by atoms with Crippen LogP contribution in [0.15, 0.2) is 42.5 Å². The van der Waals surface area contributed by atoms with Gasteiger partial charge in [0.2, 0.25) is 0 Å². The highest BCUT2D eigenvalue weighted by atomic mass is 32.1. The highest BCUT2D eigenvalue weighted by molar-refractivity contribution is 7.80. The first-order valence-corrected chi connectivity index (χ1v) is 10.1. The zero-order valence-corrected chi connectivity index (χ0v) is 19.1. The van der Waals surface area contributed by atoms with E-state index in [1.165, 1.54) is 25.3 Å². The third-order valence-electron chi connectivity index (χ3n) is 5.09. The number of nitrogens with one attached hydrogen (secondary N) is 2. The van der Waals surface area contributed by atoms with E-state index in [-0.39, 0.29) is 11.0 Å². The van der Waals surface area contributed by atoms with E-state index in [4.69, 9.17) is 21.7 Å². The molecule has 0 aliphatic rings. The molecule has 1 aromatic heterocycles. The van der Waals surface area contributed by atoms with Crippen LogP contribution in [0.25, 0.3) is 0 Å². The Morgan fingerprint density at radius 2 is 1.68 bits per heavy atom. The second-order valence-corrected chi connectivity index (χ2v) is 7.56. The largest absolute Gasteiger partial charge is 0.497 e. The van der Waals surface area contributed by atoms with Gasteiger partial charge in [0.1, 0.15) is 11.5 Å². The van der Waals surface area contributed by atoms with E-state index in [1.807, 2.05) is 42.9 Å². The van der Waals surface area contributed by atoms with Gasteiger partial charge in [-0.1, -0.05) is 12.1 Å². The van der Waals surface area contributed by atoms with Crippen molar-refractivity contribution in [2.24, 2.45) is 7.05 Å². The van der Waals surface area contributed by atoms with Crippen LogP contribution in [0.5, 0.6) is 11.5 Å². The number of thiocarbonyl (C=S) groups is 1. The molecule has 162 valence electrons. The van der Waals surface area contributed by atoms with Crippen LogP contribution in [0.4, 0.5) is 5.69 Å². The summed E-state index contributed by atoms with van der Waals surface area (Å²) in [5.74, 6) is 0.699. The molecule has 7 nitrogen and oxygen atoms in total. The Bertz CT molecular complexity index is 1080. The lowest BCUT2D eigenvalue weighted by molar-refractivity contribution is 0.0977. The lowest BCUT2D eigenvalue weighted by Crippen LogP contribution is -2.34. The molecule has 2 aromatic carbocycles. The van der Waals surface area contributed by atoms with E-state index in [9.17, 15) is 4.79 Å². The molecule has 31 heavy (non-hydrogen) atoms. The van der Waals surface area contributed by atoms with Gasteiger partial charge in [-0.25, -0.2) is 0 Å². The van der Waals surface area contributed by atoms with Crippen LogP contribution in [0.3, 0.4) is 0 Å². The molecular weight excluding hydrogens is 412 g/mol. The number of hydrogen-bond donors (Lipinski definition) is 2. The summed E-state index contributed by atoms with van der Waals surface area (Å²) in [4.78, 5) is 12.5. The third kappa shape index (κ3) is 5.40. The average Bonchev–Trinajstić information content (AvgIpc) is 3.00. The Labute approximate surface area is 187 Å². The number of aromatic nitrogens is 2. The molecule has 0 saturated carbocycles. The van der Waals surface area contributed by atoms with E-state index in [1.54, 1.807) is 18.2 Å². The van der Waals surface area contributed by atoms with E-state index in [0.717, 1.165) is 23.5 Å². The zero-order chi connectivity index (χ0) is 22.5. The molecule has 3 aromatic rings. The number of carbonyl (C=O) groups excluding carboxylic acids is 1. The molecule has 0 bridgehead atoms. The molecule has 0 aliphatic carbocycles. The molecule has 0 saturated heterocycles. The SMILES string of the molecule is COc1cc(OC)cc(C(=O)NC(=S)Nc2ccc(Cc3c(C)nn(C)c3C)cc2)c1. The lowest BCUT2D eigenvalue weighted by atomic mass is 10.0. The van der Waals surface area contributed by atoms with Crippen LogP contribution in [0.2, 0.25) is 0 Å². The fourth-order valence-corrected chi connectivity index (χ4v) is 3.47. The van der Waals surface area contributed by atoms with E-state index in [0.29, 0.717) is 17.1 Å². The van der Waals surface area contributed by atoms with Gasteiger partial charge >= 0.3 is 0 Å². The number of nitrogens with zero attached hydrogens (tertiary/aromatic N) is 2. The summed E-state index contributed by atoms with van der Waals surface area (Å²) in [6.45, 7) is 4.10. The Balaban J connectivity index is 1.62. The minimum Gasteiger partial charge on any atom is -0.497 e.